The molecule has 272 valence electrons. The van der Waals surface area contributed by atoms with Crippen molar-refractivity contribution < 1.29 is 85.4 Å². The zero-order valence-electron chi connectivity index (χ0n) is 25.2. The van der Waals surface area contributed by atoms with Gasteiger partial charge in [-0.25, -0.2) is 23.7 Å². The fourth-order valence-electron chi connectivity index (χ4n) is 4.69. The van der Waals surface area contributed by atoms with Crippen molar-refractivity contribution in [1.82, 2.24) is 19.1 Å². The number of nitrogens with zero attached hydrogens (tertiary/aromatic N) is 4. The molecule has 0 aliphatic carbocycles. The standard InChI is InChI=1S/C23H32N5O18P3/c1-27-9-26-21-15(20(27)24)25-10-28(21)22-18(31)16(29)13(43-22)7-40-47(33,34)45-49(37,38)46-48(35,36)41-8-14-17(30)19(32)23(44-14)42-12-5-3-11(39-2)4-6-12/h3-6,9-10,13-14,16-19,22-24,29-32H,7-8H2,1-2H3,(H,33,34)(H,35,36)(H,37,38)/t13-,14-,16-,17-,18-,19-,22-,23-/m1/s1. The number of benzene rings is 1. The molecule has 2 aromatic heterocycles. The Morgan fingerprint density at radius 1 is 0.796 bits per heavy atom. The summed E-state index contributed by atoms with van der Waals surface area (Å²) in [5.41, 5.74) is 0.230. The van der Waals surface area contributed by atoms with Crippen LogP contribution in [0.15, 0.2) is 36.9 Å². The number of fused-ring (bicyclic) bond motifs is 1. The van der Waals surface area contributed by atoms with E-state index < -0.39 is 85.8 Å². The highest BCUT2D eigenvalue weighted by Gasteiger charge is 2.49. The van der Waals surface area contributed by atoms with Crippen LogP contribution in [-0.4, -0.2) is 117 Å². The Morgan fingerprint density at radius 2 is 1.35 bits per heavy atom. The number of hydrogen-bond acceptors (Lipinski definition) is 18. The maximum atomic E-state index is 12.4. The molecular formula is C23H32N5O18P3. The van der Waals surface area contributed by atoms with E-state index >= 15 is 0 Å². The van der Waals surface area contributed by atoms with Gasteiger partial charge in [-0.05, 0) is 24.3 Å². The van der Waals surface area contributed by atoms with Crippen LogP contribution in [0.5, 0.6) is 11.5 Å². The molecule has 2 saturated heterocycles. The maximum absolute atomic E-state index is 12.4. The molecule has 49 heavy (non-hydrogen) atoms. The fourth-order valence-corrected chi connectivity index (χ4v) is 8.22. The second-order valence-electron chi connectivity index (χ2n) is 10.6. The molecule has 8 N–H and O–H groups in total. The number of aromatic nitrogens is 4. The van der Waals surface area contributed by atoms with Gasteiger partial charge in [-0.15, -0.1) is 0 Å². The number of phosphoric acid groups is 3. The van der Waals surface area contributed by atoms with Crippen LogP contribution in [0.3, 0.4) is 0 Å². The molecule has 2 fully saturated rings. The Labute approximate surface area is 275 Å². The largest absolute Gasteiger partial charge is 0.497 e. The van der Waals surface area contributed by atoms with E-state index in [9.17, 15) is 48.8 Å². The van der Waals surface area contributed by atoms with Crippen LogP contribution in [0.1, 0.15) is 6.23 Å². The predicted octanol–water partition coefficient (Wildman–Crippen LogP) is -1.23. The minimum absolute atomic E-state index is 0.0178. The monoisotopic (exact) mass is 759 g/mol. The van der Waals surface area contributed by atoms with E-state index in [-0.39, 0.29) is 22.4 Å². The lowest BCUT2D eigenvalue weighted by Gasteiger charge is -2.21. The van der Waals surface area contributed by atoms with Crippen LogP contribution >= 0.6 is 23.5 Å². The van der Waals surface area contributed by atoms with Gasteiger partial charge in [-0.2, -0.15) is 8.62 Å². The number of aryl methyl sites for hydroxylation is 1. The van der Waals surface area contributed by atoms with Crippen molar-refractivity contribution >= 4 is 34.6 Å². The first kappa shape index (κ1) is 37.6. The number of methoxy groups -OCH3 is 1. The molecule has 3 unspecified atom stereocenters. The average molecular weight is 759 g/mol. The second kappa shape index (κ2) is 14.5. The fraction of sp³-hybridized carbons (Fsp3) is 0.522. The first-order chi connectivity index (χ1) is 22.9. The van der Waals surface area contributed by atoms with E-state index in [0.29, 0.717) is 5.75 Å². The van der Waals surface area contributed by atoms with E-state index in [2.05, 4.69) is 27.6 Å². The van der Waals surface area contributed by atoms with E-state index in [4.69, 9.17) is 24.4 Å². The number of rotatable bonds is 14. The maximum Gasteiger partial charge on any atom is 0.490 e. The van der Waals surface area contributed by atoms with Gasteiger partial charge in [0.1, 0.15) is 53.6 Å². The molecule has 0 bridgehead atoms. The number of imidazole rings is 1. The highest BCUT2D eigenvalue weighted by Crippen LogP contribution is 2.67. The lowest BCUT2D eigenvalue weighted by molar-refractivity contribution is -0.115. The van der Waals surface area contributed by atoms with Gasteiger partial charge in [0, 0.05) is 7.05 Å². The lowest BCUT2D eigenvalue weighted by Crippen LogP contribution is -2.35. The summed E-state index contributed by atoms with van der Waals surface area (Å²) >= 11 is 0. The first-order valence-corrected chi connectivity index (χ1v) is 18.4. The first-order valence-electron chi connectivity index (χ1n) is 13.9. The van der Waals surface area contributed by atoms with Crippen molar-refractivity contribution in [2.45, 2.75) is 49.1 Å². The third-order valence-corrected chi connectivity index (χ3v) is 11.4. The van der Waals surface area contributed by atoms with Crippen molar-refractivity contribution in [3.8, 4) is 11.5 Å². The summed E-state index contributed by atoms with van der Waals surface area (Å²) in [4.78, 5) is 38.0. The molecule has 0 spiro atoms. The van der Waals surface area contributed by atoms with Crippen LogP contribution in [-0.2, 0) is 47.9 Å². The molecule has 5 rings (SSSR count). The van der Waals surface area contributed by atoms with Crippen LogP contribution in [0.25, 0.3) is 11.2 Å². The van der Waals surface area contributed by atoms with Gasteiger partial charge in [0.25, 0.3) is 0 Å². The predicted molar refractivity (Wildman–Crippen MR) is 156 cm³/mol. The van der Waals surface area contributed by atoms with Gasteiger partial charge >= 0.3 is 23.5 Å². The van der Waals surface area contributed by atoms with E-state index in [1.165, 1.54) is 41.0 Å². The average Bonchev–Trinajstić information content (AvgIpc) is 3.66. The van der Waals surface area contributed by atoms with Gasteiger partial charge in [0.15, 0.2) is 17.4 Å². The second-order valence-corrected chi connectivity index (χ2v) is 15.2. The summed E-state index contributed by atoms with van der Waals surface area (Å²) in [6.07, 6.45) is -10.2. The van der Waals surface area contributed by atoms with Crippen LogP contribution in [0.4, 0.5) is 0 Å². The molecular weight excluding hydrogens is 727 g/mol. The van der Waals surface area contributed by atoms with E-state index in [0.717, 1.165) is 0 Å². The summed E-state index contributed by atoms with van der Waals surface area (Å²) in [5, 5.41) is 49.5. The normalized spacial score (nSPS) is 30.9. The number of hydrogen-bond donors (Lipinski definition) is 8. The summed E-state index contributed by atoms with van der Waals surface area (Å²) in [6.45, 7) is -2.03. The number of aliphatic hydroxyl groups excluding tert-OH is 4. The Kier molecular flexibility index (Phi) is 11.1. The van der Waals surface area contributed by atoms with Crippen LogP contribution < -0.4 is 15.0 Å². The third kappa shape index (κ3) is 8.63. The highest BCUT2D eigenvalue weighted by atomic mass is 31.3. The molecule has 23 nitrogen and oxygen atoms in total. The molecule has 2 aliphatic rings. The minimum Gasteiger partial charge on any atom is -0.497 e. The van der Waals surface area contributed by atoms with E-state index in [1.807, 2.05) is 0 Å². The van der Waals surface area contributed by atoms with Gasteiger partial charge in [-0.3, -0.25) is 19.0 Å². The number of aliphatic hydroxyl groups is 4. The number of phosphoric ester groups is 2. The molecule has 0 radical (unpaired) electrons. The topological polar surface area (TPSA) is 326 Å². The number of ether oxygens (including phenoxy) is 4. The molecule has 11 atom stereocenters. The van der Waals surface area contributed by atoms with Crippen LogP contribution in [0.2, 0.25) is 0 Å². The van der Waals surface area contributed by atoms with Crippen molar-refractivity contribution in [1.29, 1.82) is 5.41 Å². The zero-order valence-corrected chi connectivity index (χ0v) is 27.9. The molecule has 4 heterocycles. The Morgan fingerprint density at radius 3 is 1.94 bits per heavy atom. The SMILES string of the molecule is COc1ccc(O[C@@H]2O[C@H](COP(=O)(O)OP(=O)(O)OP(=O)(O)OC[C@H]3O[C@@H](n4cnc5c(=N)n(C)cnc54)[C@H](O)[C@@H]3O)[C@@H](O)[C@H]2O)cc1. The van der Waals surface area contributed by atoms with Gasteiger partial charge in [-0.1, -0.05) is 0 Å². The van der Waals surface area contributed by atoms with Crippen molar-refractivity contribution in [3.63, 3.8) is 0 Å². The van der Waals surface area contributed by atoms with Gasteiger partial charge in [0.05, 0.1) is 33.0 Å². The smallest absolute Gasteiger partial charge is 0.490 e. The zero-order chi connectivity index (χ0) is 35.9. The summed E-state index contributed by atoms with van der Waals surface area (Å²) in [6, 6.07) is 6.04. The Bertz CT molecular complexity index is 1840. The van der Waals surface area contributed by atoms with Crippen LogP contribution in [0, 0.1) is 5.41 Å². The lowest BCUT2D eigenvalue weighted by atomic mass is 10.1. The third-order valence-electron chi connectivity index (χ3n) is 7.16. The summed E-state index contributed by atoms with van der Waals surface area (Å²) < 4.78 is 78.2. The molecule has 1 aromatic carbocycles. The van der Waals surface area contributed by atoms with Gasteiger partial charge < -0.3 is 58.6 Å². The van der Waals surface area contributed by atoms with Gasteiger partial charge in [0.2, 0.25) is 6.29 Å². The number of nitrogens with one attached hydrogen (secondary N) is 1. The summed E-state index contributed by atoms with van der Waals surface area (Å²) in [7, 11) is -14.1. The molecule has 0 amide bonds. The molecule has 3 aromatic rings. The summed E-state index contributed by atoms with van der Waals surface area (Å²) in [5.74, 6) is 0.711. The quantitative estimate of drug-likeness (QED) is 0.0892. The minimum atomic E-state index is -5.92. The Balaban J connectivity index is 1.12. The molecule has 2 aliphatic heterocycles. The molecule has 26 heteroatoms. The highest BCUT2D eigenvalue weighted by molar-refractivity contribution is 7.66. The van der Waals surface area contributed by atoms with Crippen molar-refractivity contribution in [3.05, 3.63) is 42.4 Å². The van der Waals surface area contributed by atoms with Crippen molar-refractivity contribution in [2.75, 3.05) is 20.3 Å². The van der Waals surface area contributed by atoms with E-state index in [1.54, 1.807) is 19.2 Å². The molecule has 0 saturated carbocycles. The Hall–Kier alpha value is -2.66. The van der Waals surface area contributed by atoms with Crippen molar-refractivity contribution in [2.24, 2.45) is 7.05 Å².